The second-order valence-electron chi connectivity index (χ2n) is 7.50. The number of aromatic nitrogens is 1. The summed E-state index contributed by atoms with van der Waals surface area (Å²) < 4.78 is 11.4. The molecule has 0 aliphatic rings. The van der Waals surface area contributed by atoms with E-state index in [1.807, 2.05) is 25.1 Å². The third kappa shape index (κ3) is 5.41. The number of fused-ring (bicyclic) bond motifs is 1. The number of hydrogen-bond acceptors (Lipinski definition) is 6. The second-order valence-corrected chi connectivity index (χ2v) is 8.75. The van der Waals surface area contributed by atoms with Crippen LogP contribution >= 0.6 is 35.4 Å². The van der Waals surface area contributed by atoms with E-state index >= 15 is 0 Å². The zero-order valence-electron chi connectivity index (χ0n) is 18.1. The van der Waals surface area contributed by atoms with E-state index in [2.05, 4.69) is 15.6 Å². The number of nitrogens with one attached hydrogen (secondary N) is 2. The van der Waals surface area contributed by atoms with Gasteiger partial charge < -0.3 is 19.6 Å². The summed E-state index contributed by atoms with van der Waals surface area (Å²) in [6.07, 6.45) is -0.878. The van der Waals surface area contributed by atoms with E-state index in [0.717, 1.165) is 5.56 Å². The predicted molar refractivity (Wildman–Crippen MR) is 137 cm³/mol. The third-order valence-electron chi connectivity index (χ3n) is 4.83. The molecule has 0 spiro atoms. The fraction of sp³-hybridized carbons (Fsp3) is 0.125. The summed E-state index contributed by atoms with van der Waals surface area (Å²) in [5.41, 5.74) is 3.23. The highest BCUT2D eigenvalue weighted by Gasteiger charge is 2.18. The Balaban J connectivity index is 1.44. The van der Waals surface area contributed by atoms with Crippen LogP contribution in [0.4, 0.5) is 5.69 Å². The first-order valence-corrected chi connectivity index (χ1v) is 11.3. The number of nitrogens with zero attached hydrogens (tertiary/aromatic N) is 1. The first-order valence-electron chi connectivity index (χ1n) is 10.1. The molecule has 1 atom stereocenters. The molecule has 7 nitrogen and oxygen atoms in total. The van der Waals surface area contributed by atoms with Gasteiger partial charge in [-0.2, -0.15) is 0 Å². The van der Waals surface area contributed by atoms with E-state index in [1.165, 1.54) is 12.1 Å². The summed E-state index contributed by atoms with van der Waals surface area (Å²) in [5, 5.41) is 16.6. The Kier molecular flexibility index (Phi) is 6.92. The minimum Gasteiger partial charge on any atom is -0.507 e. The van der Waals surface area contributed by atoms with Crippen molar-refractivity contribution in [1.82, 2.24) is 10.3 Å². The number of benzene rings is 3. The number of thiocarbonyl (C=S) groups is 1. The standard InChI is InChI=1S/C24H19Cl2N3O4S/c1-12-3-7-21-18(9-12)28-23(33-21)16-11-15(5-6-19(16)30)27-24(34)29-22(31)13(2)32-20-8-4-14(25)10-17(20)26/h3-11,13,30H,1-2H3,(H2,27,29,31,34). The van der Waals surface area contributed by atoms with Crippen molar-refractivity contribution in [2.45, 2.75) is 20.0 Å². The van der Waals surface area contributed by atoms with Crippen molar-refractivity contribution >= 4 is 63.2 Å². The van der Waals surface area contributed by atoms with Crippen LogP contribution < -0.4 is 15.4 Å². The monoisotopic (exact) mass is 515 g/mol. The lowest BCUT2D eigenvalue weighted by molar-refractivity contribution is -0.125. The van der Waals surface area contributed by atoms with Crippen molar-refractivity contribution < 1.29 is 19.1 Å². The fourth-order valence-electron chi connectivity index (χ4n) is 3.13. The van der Waals surface area contributed by atoms with Gasteiger partial charge in [-0.1, -0.05) is 29.3 Å². The molecule has 1 aromatic heterocycles. The third-order valence-corrected chi connectivity index (χ3v) is 5.57. The van der Waals surface area contributed by atoms with Gasteiger partial charge >= 0.3 is 0 Å². The SMILES string of the molecule is Cc1ccc2oc(-c3cc(NC(=S)NC(=O)C(C)Oc4ccc(Cl)cc4Cl)ccc3O)nc2c1. The van der Waals surface area contributed by atoms with Crippen LogP contribution in [-0.4, -0.2) is 27.2 Å². The Morgan fingerprint density at radius 2 is 1.94 bits per heavy atom. The van der Waals surface area contributed by atoms with E-state index in [-0.39, 0.29) is 16.8 Å². The maximum atomic E-state index is 12.5. The molecule has 0 fully saturated rings. The number of amides is 1. The maximum Gasteiger partial charge on any atom is 0.266 e. The highest BCUT2D eigenvalue weighted by atomic mass is 35.5. The minimum atomic E-state index is -0.878. The lowest BCUT2D eigenvalue weighted by Crippen LogP contribution is -2.42. The summed E-state index contributed by atoms with van der Waals surface area (Å²) in [6, 6.07) is 15.1. The van der Waals surface area contributed by atoms with Crippen molar-refractivity contribution in [2.24, 2.45) is 0 Å². The van der Waals surface area contributed by atoms with E-state index in [1.54, 1.807) is 31.2 Å². The van der Waals surface area contributed by atoms with Gasteiger partial charge in [-0.15, -0.1) is 0 Å². The van der Waals surface area contributed by atoms with Gasteiger partial charge in [0.05, 0.1) is 10.6 Å². The maximum absolute atomic E-state index is 12.5. The molecule has 174 valence electrons. The number of ether oxygens (including phenoxy) is 1. The van der Waals surface area contributed by atoms with Gasteiger partial charge in [0.2, 0.25) is 5.89 Å². The smallest absolute Gasteiger partial charge is 0.266 e. The van der Waals surface area contributed by atoms with Crippen molar-refractivity contribution in [3.8, 4) is 23.0 Å². The number of rotatable bonds is 5. The normalized spacial score (nSPS) is 11.8. The summed E-state index contributed by atoms with van der Waals surface area (Å²) in [6.45, 7) is 3.53. The number of halogens is 2. The molecule has 10 heteroatoms. The van der Waals surface area contributed by atoms with Crippen molar-refractivity contribution in [1.29, 1.82) is 0 Å². The molecule has 1 amide bonds. The Bertz CT molecular complexity index is 1410. The number of phenols is 1. The molecule has 1 unspecified atom stereocenters. The molecule has 4 aromatic rings. The van der Waals surface area contributed by atoms with Gasteiger partial charge in [-0.05, 0) is 80.2 Å². The molecule has 0 aliphatic carbocycles. The first-order chi connectivity index (χ1) is 16.2. The Labute approximate surface area is 210 Å². The van der Waals surface area contributed by atoms with Crippen LogP contribution in [0, 0.1) is 6.92 Å². The molecule has 0 bridgehead atoms. The average molecular weight is 516 g/mol. The van der Waals surface area contributed by atoms with Crippen LogP contribution in [0.2, 0.25) is 10.0 Å². The Morgan fingerprint density at radius 1 is 1.15 bits per heavy atom. The van der Waals surface area contributed by atoms with Gasteiger partial charge in [0, 0.05) is 10.7 Å². The number of carbonyl (C=O) groups is 1. The van der Waals surface area contributed by atoms with Crippen molar-refractivity contribution in [2.75, 3.05) is 5.32 Å². The lowest BCUT2D eigenvalue weighted by atomic mass is 10.1. The Morgan fingerprint density at radius 3 is 2.71 bits per heavy atom. The molecule has 3 N–H and O–H groups in total. The molecule has 3 aromatic carbocycles. The zero-order chi connectivity index (χ0) is 24.4. The van der Waals surface area contributed by atoms with E-state index in [0.29, 0.717) is 38.1 Å². The van der Waals surface area contributed by atoms with Crippen LogP contribution in [0.3, 0.4) is 0 Å². The fourth-order valence-corrected chi connectivity index (χ4v) is 3.80. The van der Waals surface area contributed by atoms with Crippen LogP contribution in [0.1, 0.15) is 12.5 Å². The highest BCUT2D eigenvalue weighted by molar-refractivity contribution is 7.80. The van der Waals surface area contributed by atoms with E-state index in [4.69, 9.17) is 44.6 Å². The predicted octanol–water partition coefficient (Wildman–Crippen LogP) is 6.10. The number of aryl methyl sites for hydroxylation is 1. The first kappa shape index (κ1) is 23.8. The number of oxazole rings is 1. The van der Waals surface area contributed by atoms with Crippen molar-refractivity contribution in [3.63, 3.8) is 0 Å². The minimum absolute atomic E-state index is 0.00866. The van der Waals surface area contributed by atoms with Crippen LogP contribution in [0.25, 0.3) is 22.6 Å². The van der Waals surface area contributed by atoms with Gasteiger partial charge in [0.1, 0.15) is 17.0 Å². The molecule has 0 saturated carbocycles. The second kappa shape index (κ2) is 9.89. The van der Waals surface area contributed by atoms with Crippen LogP contribution in [0.5, 0.6) is 11.5 Å². The largest absolute Gasteiger partial charge is 0.507 e. The molecule has 34 heavy (non-hydrogen) atoms. The Hall–Kier alpha value is -3.33. The van der Waals surface area contributed by atoms with Gasteiger partial charge in [-0.3, -0.25) is 10.1 Å². The van der Waals surface area contributed by atoms with Gasteiger partial charge in [0.25, 0.3) is 5.91 Å². The van der Waals surface area contributed by atoms with Gasteiger partial charge in [0.15, 0.2) is 16.8 Å². The molecule has 0 saturated heterocycles. The molecular formula is C24H19Cl2N3O4S. The van der Waals surface area contributed by atoms with Crippen molar-refractivity contribution in [3.05, 3.63) is 70.2 Å². The number of anilines is 1. The molecular weight excluding hydrogens is 497 g/mol. The van der Waals surface area contributed by atoms with E-state index < -0.39 is 12.0 Å². The molecule has 4 rings (SSSR count). The van der Waals surface area contributed by atoms with E-state index in [9.17, 15) is 9.90 Å². The summed E-state index contributed by atoms with van der Waals surface area (Å²) in [7, 11) is 0. The summed E-state index contributed by atoms with van der Waals surface area (Å²) in [4.78, 5) is 17.0. The number of aromatic hydroxyl groups is 1. The van der Waals surface area contributed by atoms with Crippen LogP contribution in [-0.2, 0) is 4.79 Å². The summed E-state index contributed by atoms with van der Waals surface area (Å²) in [5.74, 6) is 0.102. The number of hydrogen-bond donors (Lipinski definition) is 3. The lowest BCUT2D eigenvalue weighted by Gasteiger charge is -2.17. The molecule has 0 aliphatic heterocycles. The molecule has 0 radical (unpaired) electrons. The quantitative estimate of drug-likeness (QED) is 0.218. The van der Waals surface area contributed by atoms with Crippen LogP contribution in [0.15, 0.2) is 59.0 Å². The summed E-state index contributed by atoms with van der Waals surface area (Å²) >= 11 is 17.2. The molecule has 1 heterocycles. The topological polar surface area (TPSA) is 96.6 Å². The average Bonchev–Trinajstić information content (AvgIpc) is 3.19. The zero-order valence-corrected chi connectivity index (χ0v) is 20.4. The number of carbonyl (C=O) groups excluding carboxylic acids is 1. The highest BCUT2D eigenvalue weighted by Crippen LogP contribution is 2.33. The van der Waals surface area contributed by atoms with Gasteiger partial charge in [-0.25, -0.2) is 4.98 Å². The number of phenolic OH excluding ortho intramolecular Hbond substituents is 1.